The number of benzene rings is 1. The summed E-state index contributed by atoms with van der Waals surface area (Å²) in [5, 5.41) is 2.55. The molecule has 2 aromatic rings. The van der Waals surface area contributed by atoms with Gasteiger partial charge < -0.3 is 15.0 Å². The summed E-state index contributed by atoms with van der Waals surface area (Å²) in [6.45, 7) is 3.78. The molecule has 0 spiro atoms. The van der Waals surface area contributed by atoms with E-state index < -0.39 is 23.1 Å². The Hall–Kier alpha value is -2.61. The van der Waals surface area contributed by atoms with Gasteiger partial charge in [0, 0.05) is 38.6 Å². The molecular weight excluding hydrogens is 342 g/mol. The highest BCUT2D eigenvalue weighted by atomic mass is 19.1. The van der Waals surface area contributed by atoms with Crippen molar-refractivity contribution in [2.45, 2.75) is 19.4 Å². The van der Waals surface area contributed by atoms with Crippen LogP contribution in [0.15, 0.2) is 30.6 Å². The first kappa shape index (κ1) is 18.2. The topological polar surface area (TPSA) is 67.3 Å². The number of anilines is 1. The van der Waals surface area contributed by atoms with Gasteiger partial charge in [-0.3, -0.25) is 4.79 Å². The number of hydrogen-bond donors (Lipinski definition) is 1. The molecule has 1 N–H and O–H groups in total. The maximum absolute atomic E-state index is 13.7. The molecule has 1 fully saturated rings. The predicted molar refractivity (Wildman–Crippen MR) is 92.0 cm³/mol. The van der Waals surface area contributed by atoms with Crippen molar-refractivity contribution in [3.05, 3.63) is 53.4 Å². The lowest BCUT2D eigenvalue weighted by molar-refractivity contribution is 0.0637. The van der Waals surface area contributed by atoms with E-state index in [9.17, 15) is 13.6 Å². The number of rotatable bonds is 4. The molecule has 1 aliphatic heterocycles. The van der Waals surface area contributed by atoms with E-state index in [1.165, 1.54) is 6.07 Å². The Morgan fingerprint density at radius 3 is 2.69 bits per heavy atom. The Labute approximate surface area is 150 Å². The monoisotopic (exact) mass is 362 g/mol. The number of amides is 1. The zero-order chi connectivity index (χ0) is 18.5. The Balaban J connectivity index is 1.63. The van der Waals surface area contributed by atoms with Gasteiger partial charge in [0.05, 0.1) is 6.10 Å². The van der Waals surface area contributed by atoms with Gasteiger partial charge >= 0.3 is 0 Å². The van der Waals surface area contributed by atoms with Crippen LogP contribution in [0.2, 0.25) is 0 Å². The summed E-state index contributed by atoms with van der Waals surface area (Å²) >= 11 is 0. The average molecular weight is 362 g/mol. The molecule has 8 heteroatoms. The first-order valence-electron chi connectivity index (χ1n) is 8.42. The fourth-order valence-electron chi connectivity index (χ4n) is 2.76. The van der Waals surface area contributed by atoms with Crippen LogP contribution in [0.1, 0.15) is 22.3 Å². The van der Waals surface area contributed by atoms with Crippen LogP contribution >= 0.6 is 0 Å². The minimum absolute atomic E-state index is 0.134. The number of aromatic nitrogens is 2. The third kappa shape index (κ3) is 4.32. The van der Waals surface area contributed by atoms with Crippen molar-refractivity contribution in [1.82, 2.24) is 15.3 Å². The standard InChI is InChI=1S/C18H20F2N4O2/c1-12-8-22-18(23-9-12)24-6-3-7-26-13(11-24)10-21-17(25)16-14(19)4-2-5-15(16)20/h2,4-5,8-9,13H,3,6-7,10-11H2,1H3,(H,21,25). The normalized spacial score (nSPS) is 17.7. The van der Waals surface area contributed by atoms with E-state index >= 15 is 0 Å². The van der Waals surface area contributed by atoms with E-state index in [-0.39, 0.29) is 12.6 Å². The van der Waals surface area contributed by atoms with Crippen molar-refractivity contribution >= 4 is 11.9 Å². The van der Waals surface area contributed by atoms with E-state index in [0.29, 0.717) is 19.1 Å². The zero-order valence-corrected chi connectivity index (χ0v) is 14.4. The fourth-order valence-corrected chi connectivity index (χ4v) is 2.76. The molecule has 0 bridgehead atoms. The Kier molecular flexibility index (Phi) is 5.72. The van der Waals surface area contributed by atoms with Gasteiger partial charge in [-0.15, -0.1) is 0 Å². The molecule has 1 aromatic heterocycles. The SMILES string of the molecule is Cc1cnc(N2CCCOC(CNC(=O)c3c(F)cccc3F)C2)nc1. The molecule has 1 aliphatic rings. The molecule has 0 saturated carbocycles. The molecule has 1 atom stereocenters. The second kappa shape index (κ2) is 8.18. The summed E-state index contributed by atoms with van der Waals surface area (Å²) in [6.07, 6.45) is 3.95. The van der Waals surface area contributed by atoms with Crippen LogP contribution in [0, 0.1) is 18.6 Å². The number of ether oxygens (including phenoxy) is 1. The Morgan fingerprint density at radius 1 is 1.31 bits per heavy atom. The molecule has 1 aromatic carbocycles. The third-order valence-electron chi connectivity index (χ3n) is 4.08. The average Bonchev–Trinajstić information content (AvgIpc) is 2.86. The second-order valence-corrected chi connectivity index (χ2v) is 6.16. The summed E-state index contributed by atoms with van der Waals surface area (Å²) < 4.78 is 33.1. The van der Waals surface area contributed by atoms with E-state index in [4.69, 9.17) is 4.74 Å². The molecule has 0 aliphatic carbocycles. The highest BCUT2D eigenvalue weighted by Crippen LogP contribution is 2.14. The number of halogens is 2. The maximum Gasteiger partial charge on any atom is 0.257 e. The van der Waals surface area contributed by atoms with Gasteiger partial charge in [-0.2, -0.15) is 0 Å². The van der Waals surface area contributed by atoms with Crippen LogP contribution in [0.3, 0.4) is 0 Å². The van der Waals surface area contributed by atoms with Gasteiger partial charge in [-0.1, -0.05) is 6.07 Å². The van der Waals surface area contributed by atoms with Gasteiger partial charge in [0.1, 0.15) is 17.2 Å². The molecule has 1 unspecified atom stereocenters. The smallest absolute Gasteiger partial charge is 0.257 e. The van der Waals surface area contributed by atoms with E-state index in [1.54, 1.807) is 12.4 Å². The molecular formula is C18H20F2N4O2. The summed E-state index contributed by atoms with van der Waals surface area (Å²) in [5.74, 6) is -1.98. The van der Waals surface area contributed by atoms with Crippen LogP contribution < -0.4 is 10.2 Å². The lowest BCUT2D eigenvalue weighted by atomic mass is 10.2. The lowest BCUT2D eigenvalue weighted by Gasteiger charge is -2.24. The highest BCUT2D eigenvalue weighted by molar-refractivity contribution is 5.94. The molecule has 26 heavy (non-hydrogen) atoms. The van der Waals surface area contributed by atoms with E-state index in [0.717, 1.165) is 30.7 Å². The van der Waals surface area contributed by atoms with Crippen molar-refractivity contribution in [1.29, 1.82) is 0 Å². The minimum Gasteiger partial charge on any atom is -0.374 e. The van der Waals surface area contributed by atoms with Crippen LogP contribution in [-0.2, 0) is 4.74 Å². The molecule has 3 rings (SSSR count). The zero-order valence-electron chi connectivity index (χ0n) is 14.4. The number of carbonyl (C=O) groups excluding carboxylic acids is 1. The number of aryl methyl sites for hydroxylation is 1. The van der Waals surface area contributed by atoms with Crippen molar-refractivity contribution in [3.63, 3.8) is 0 Å². The van der Waals surface area contributed by atoms with Crippen LogP contribution in [0.4, 0.5) is 14.7 Å². The van der Waals surface area contributed by atoms with Crippen molar-refractivity contribution in [2.75, 3.05) is 31.1 Å². The molecule has 6 nitrogen and oxygen atoms in total. The summed E-state index contributed by atoms with van der Waals surface area (Å²) in [7, 11) is 0. The van der Waals surface area contributed by atoms with Crippen molar-refractivity contribution < 1.29 is 18.3 Å². The fraction of sp³-hybridized carbons (Fsp3) is 0.389. The number of carbonyl (C=O) groups is 1. The first-order chi connectivity index (χ1) is 12.5. The van der Waals surface area contributed by atoms with E-state index in [2.05, 4.69) is 15.3 Å². The van der Waals surface area contributed by atoms with Gasteiger partial charge in [-0.25, -0.2) is 18.7 Å². The number of nitrogens with zero attached hydrogens (tertiary/aromatic N) is 3. The Bertz CT molecular complexity index is 750. The number of hydrogen-bond acceptors (Lipinski definition) is 5. The van der Waals surface area contributed by atoms with Crippen LogP contribution in [0.25, 0.3) is 0 Å². The summed E-state index contributed by atoms with van der Waals surface area (Å²) in [5.41, 5.74) is 0.385. The first-order valence-corrected chi connectivity index (χ1v) is 8.42. The summed E-state index contributed by atoms with van der Waals surface area (Å²) in [4.78, 5) is 22.7. The molecule has 0 radical (unpaired) electrons. The molecule has 1 saturated heterocycles. The minimum atomic E-state index is -0.890. The highest BCUT2D eigenvalue weighted by Gasteiger charge is 2.23. The van der Waals surface area contributed by atoms with Crippen LogP contribution in [0.5, 0.6) is 0 Å². The van der Waals surface area contributed by atoms with Gasteiger partial charge in [0.2, 0.25) is 5.95 Å². The van der Waals surface area contributed by atoms with Crippen LogP contribution in [-0.4, -0.2) is 48.2 Å². The largest absolute Gasteiger partial charge is 0.374 e. The van der Waals surface area contributed by atoms with Gasteiger partial charge in [0.15, 0.2) is 0 Å². The molecule has 1 amide bonds. The quantitative estimate of drug-likeness (QED) is 0.902. The van der Waals surface area contributed by atoms with Crippen molar-refractivity contribution in [3.8, 4) is 0 Å². The predicted octanol–water partition coefficient (Wildman–Crippen LogP) is 2.09. The van der Waals surface area contributed by atoms with Gasteiger partial charge in [0.25, 0.3) is 5.91 Å². The number of nitrogens with one attached hydrogen (secondary N) is 1. The van der Waals surface area contributed by atoms with Gasteiger partial charge in [-0.05, 0) is 31.0 Å². The van der Waals surface area contributed by atoms with Crippen molar-refractivity contribution in [2.24, 2.45) is 0 Å². The third-order valence-corrected chi connectivity index (χ3v) is 4.08. The maximum atomic E-state index is 13.7. The van der Waals surface area contributed by atoms with E-state index in [1.807, 2.05) is 11.8 Å². The second-order valence-electron chi connectivity index (χ2n) is 6.16. The Morgan fingerprint density at radius 2 is 2.00 bits per heavy atom. The lowest BCUT2D eigenvalue weighted by Crippen LogP contribution is -2.41. The molecule has 138 valence electrons. The summed E-state index contributed by atoms with van der Waals surface area (Å²) in [6, 6.07) is 3.32. The molecule has 2 heterocycles.